The minimum absolute atomic E-state index is 0.0882. The van der Waals surface area contributed by atoms with E-state index in [1.807, 2.05) is 0 Å². The number of carbonyl (C=O) groups is 2. The molecule has 1 atom stereocenters. The first-order chi connectivity index (χ1) is 14.2. The molecule has 160 valence electrons. The Morgan fingerprint density at radius 1 is 0.967 bits per heavy atom. The number of halogens is 3. The number of ether oxygens (including phenoxy) is 3. The van der Waals surface area contributed by atoms with Crippen molar-refractivity contribution in [1.82, 2.24) is 4.90 Å². The molecule has 2 aromatic carbocycles. The molecule has 2 aromatic rings. The normalized spacial score (nSPS) is 11.6. The van der Waals surface area contributed by atoms with E-state index in [2.05, 4.69) is 0 Å². The largest absolute Gasteiger partial charge is 0.522 e. The third-order valence-electron chi connectivity index (χ3n) is 3.56. The van der Waals surface area contributed by atoms with Crippen molar-refractivity contribution in [1.29, 1.82) is 0 Å². The highest BCUT2D eigenvalue weighted by molar-refractivity contribution is 7.97. The van der Waals surface area contributed by atoms with Crippen molar-refractivity contribution in [2.24, 2.45) is 0 Å². The van der Waals surface area contributed by atoms with E-state index in [0.29, 0.717) is 0 Å². The van der Waals surface area contributed by atoms with Gasteiger partial charge in [-0.15, -0.1) is 0 Å². The average Bonchev–Trinajstić information content (AvgIpc) is 2.72. The summed E-state index contributed by atoms with van der Waals surface area (Å²) in [6.07, 6.45) is -5.31. The molecule has 0 N–H and O–H groups in total. The van der Waals surface area contributed by atoms with Crippen LogP contribution in [-0.4, -0.2) is 41.8 Å². The summed E-state index contributed by atoms with van der Waals surface area (Å²) in [4.78, 5) is 24.4. The zero-order valence-corrected chi connectivity index (χ0v) is 17.5. The Labute approximate surface area is 177 Å². The van der Waals surface area contributed by atoms with Gasteiger partial charge in [0.05, 0.1) is 6.61 Å². The molecule has 0 aliphatic carbocycles. The molecule has 6 nitrogen and oxygen atoms in total. The summed E-state index contributed by atoms with van der Waals surface area (Å²) in [7, 11) is -0.940. The molecule has 0 spiro atoms. The predicted molar refractivity (Wildman–Crippen MR) is 107 cm³/mol. The third kappa shape index (κ3) is 6.14. The van der Waals surface area contributed by atoms with Gasteiger partial charge in [-0.3, -0.25) is 9.59 Å². The Morgan fingerprint density at radius 3 is 1.80 bits per heavy atom. The molecule has 0 fully saturated rings. The van der Waals surface area contributed by atoms with Crippen LogP contribution in [0, 0.1) is 0 Å². The van der Waals surface area contributed by atoms with E-state index in [0.717, 1.165) is 0 Å². The molecule has 0 saturated carbocycles. The molecule has 0 radical (unpaired) electrons. The Hall–Kier alpha value is -2.71. The van der Waals surface area contributed by atoms with E-state index in [1.54, 1.807) is 36.4 Å². The molecular weight excluding hydrogens is 442 g/mol. The summed E-state index contributed by atoms with van der Waals surface area (Å²) in [5, 5.41) is 0. The maximum absolute atomic E-state index is 13.4. The van der Waals surface area contributed by atoms with Crippen LogP contribution in [0.2, 0.25) is 0 Å². The van der Waals surface area contributed by atoms with Crippen molar-refractivity contribution in [3.05, 3.63) is 60.7 Å². The minimum Gasteiger partial charge on any atom is -0.465 e. The molecule has 0 aliphatic rings. The maximum atomic E-state index is 13.4. The molecular formula is C19H18F3NO5PS+. The third-order valence-corrected chi connectivity index (χ3v) is 5.07. The lowest BCUT2D eigenvalue weighted by molar-refractivity contribution is -0.217. The first kappa shape index (κ1) is 23.6. The summed E-state index contributed by atoms with van der Waals surface area (Å²) in [5.41, 5.74) is -2.42. The number of nitrogens with zero attached hydrogens (tertiary/aromatic N) is 1. The van der Waals surface area contributed by atoms with Crippen molar-refractivity contribution in [2.45, 2.75) is 18.8 Å². The van der Waals surface area contributed by atoms with Crippen LogP contribution in [0.1, 0.15) is 6.92 Å². The average molecular weight is 460 g/mol. The first-order valence-electron chi connectivity index (χ1n) is 8.63. The van der Waals surface area contributed by atoms with Gasteiger partial charge >= 0.3 is 23.7 Å². The summed E-state index contributed by atoms with van der Waals surface area (Å²) in [6, 6.07) is 15.5. The van der Waals surface area contributed by atoms with Gasteiger partial charge in [0.2, 0.25) is 0 Å². The van der Waals surface area contributed by atoms with Crippen molar-refractivity contribution < 1.29 is 37.0 Å². The predicted octanol–water partition coefficient (Wildman–Crippen LogP) is 3.85. The Kier molecular flexibility index (Phi) is 8.14. The van der Waals surface area contributed by atoms with Crippen LogP contribution in [0.15, 0.2) is 60.7 Å². The van der Waals surface area contributed by atoms with Gasteiger partial charge in [-0.25, -0.2) is 4.90 Å². The van der Waals surface area contributed by atoms with Crippen LogP contribution >= 0.6 is 7.36 Å². The Bertz CT molecular complexity index is 826. The Balaban J connectivity index is 2.58. The monoisotopic (exact) mass is 460 g/mol. The lowest BCUT2D eigenvalue weighted by Gasteiger charge is -2.33. The number of benzene rings is 2. The second-order valence-electron chi connectivity index (χ2n) is 5.71. The van der Waals surface area contributed by atoms with Gasteiger partial charge < -0.3 is 14.2 Å². The summed E-state index contributed by atoms with van der Waals surface area (Å²) in [6.45, 7) is 0.321. The number of rotatable bonds is 9. The minimum atomic E-state index is -5.31. The lowest BCUT2D eigenvalue weighted by Crippen LogP contribution is -2.60. The number of hydrogen-bond acceptors (Lipinski definition) is 6. The Morgan fingerprint density at radius 2 is 1.43 bits per heavy atom. The number of hydrogen-bond donors (Lipinski definition) is 0. The second-order valence-corrected chi connectivity index (χ2v) is 7.16. The second kappa shape index (κ2) is 10.4. The molecule has 0 bridgehead atoms. The van der Waals surface area contributed by atoms with Crippen molar-refractivity contribution in [3.8, 4) is 11.5 Å². The molecule has 11 heteroatoms. The molecule has 30 heavy (non-hydrogen) atoms. The fourth-order valence-electron chi connectivity index (χ4n) is 2.32. The molecule has 0 saturated heterocycles. The smallest absolute Gasteiger partial charge is 0.465 e. The maximum Gasteiger partial charge on any atom is 0.522 e. The quantitative estimate of drug-likeness (QED) is 0.322. The number of amides is 1. The lowest BCUT2D eigenvalue weighted by atomic mass is 10.3. The van der Waals surface area contributed by atoms with Crippen LogP contribution in [0.3, 0.4) is 0 Å². The van der Waals surface area contributed by atoms with Crippen LogP contribution in [0.4, 0.5) is 13.2 Å². The summed E-state index contributed by atoms with van der Waals surface area (Å²) >= 11 is 5.08. The van der Waals surface area contributed by atoms with Crippen molar-refractivity contribution in [2.75, 3.05) is 13.2 Å². The molecule has 0 aromatic heterocycles. The van der Waals surface area contributed by atoms with E-state index in [-0.39, 0.29) is 23.0 Å². The zero-order valence-electron chi connectivity index (χ0n) is 15.7. The van der Waals surface area contributed by atoms with Crippen molar-refractivity contribution >= 4 is 31.0 Å². The fourth-order valence-corrected chi connectivity index (χ4v) is 3.51. The molecule has 0 heterocycles. The van der Waals surface area contributed by atoms with E-state index >= 15 is 0 Å². The molecule has 1 amide bonds. The molecule has 0 aliphatic heterocycles. The van der Waals surface area contributed by atoms with Gasteiger partial charge in [-0.1, -0.05) is 36.4 Å². The van der Waals surface area contributed by atoms with Crippen molar-refractivity contribution in [3.63, 3.8) is 0 Å². The highest BCUT2D eigenvalue weighted by atomic mass is 32.4. The van der Waals surface area contributed by atoms with Crippen LogP contribution in [-0.2, 0) is 26.1 Å². The number of para-hydroxylation sites is 2. The van der Waals surface area contributed by atoms with E-state index in [1.165, 1.54) is 31.2 Å². The van der Waals surface area contributed by atoms with E-state index < -0.39 is 37.6 Å². The van der Waals surface area contributed by atoms with Gasteiger partial charge in [0, 0.05) is 0 Å². The van der Waals surface area contributed by atoms with Crippen LogP contribution < -0.4 is 9.47 Å². The van der Waals surface area contributed by atoms with E-state index in [4.69, 9.17) is 26.0 Å². The number of esters is 1. The van der Waals surface area contributed by atoms with Crippen LogP contribution in [0.25, 0.3) is 0 Å². The highest BCUT2D eigenvalue weighted by Crippen LogP contribution is 2.37. The first-order valence-corrected chi connectivity index (χ1v) is 10.8. The summed E-state index contributed by atoms with van der Waals surface area (Å²) < 4.78 is 56.3. The topological polar surface area (TPSA) is 65.1 Å². The SMILES string of the molecule is CCOC(=O)CN(C(=O)C(F)(F)F)C(Oc1ccccc1)(Oc1ccccc1)[PH+]=S. The highest BCUT2D eigenvalue weighted by Gasteiger charge is 2.59. The van der Waals surface area contributed by atoms with E-state index in [9.17, 15) is 22.8 Å². The number of carbonyl (C=O) groups excluding carboxylic acids is 2. The van der Waals surface area contributed by atoms with Gasteiger partial charge in [0.1, 0.15) is 18.0 Å². The fraction of sp³-hybridized carbons (Fsp3) is 0.263. The molecule has 1 unspecified atom stereocenters. The zero-order chi connectivity index (χ0) is 22.2. The van der Waals surface area contributed by atoms with Crippen LogP contribution in [0.5, 0.6) is 11.5 Å². The van der Waals surface area contributed by atoms with Gasteiger partial charge in [0.25, 0.3) is 7.36 Å². The standard InChI is InChI=1S/C19H17F3NO5PS/c1-2-26-16(24)13-23(17(25)18(20,21)22)19(29-30,27-14-9-5-3-6-10-14)28-15-11-7-4-8-12-15/h3-12H,2,13H2,1H3/p+1. The molecule has 2 rings (SSSR count). The number of alkyl halides is 3. The van der Waals surface area contributed by atoms with Gasteiger partial charge in [-0.05, 0) is 31.2 Å². The summed E-state index contributed by atoms with van der Waals surface area (Å²) in [5.74, 6) is -3.23. The van der Waals surface area contributed by atoms with Gasteiger partial charge in [0.15, 0.2) is 11.8 Å². The van der Waals surface area contributed by atoms with Gasteiger partial charge in [-0.2, -0.15) is 13.2 Å².